The fraction of sp³-hybridized carbons (Fsp3) is 0.0476. The molecule has 3 rings (SSSR count). The third kappa shape index (κ3) is 4.30. The predicted molar refractivity (Wildman–Crippen MR) is 101 cm³/mol. The van der Waals surface area contributed by atoms with Crippen LogP contribution in [0.25, 0.3) is 0 Å². The Hall–Kier alpha value is -3.25. The third-order valence-electron chi connectivity index (χ3n) is 3.89. The van der Waals surface area contributed by atoms with Gasteiger partial charge in [0.25, 0.3) is 0 Å². The molecule has 3 aromatic rings. The van der Waals surface area contributed by atoms with Crippen LogP contribution in [0, 0.1) is 0 Å². The fourth-order valence-electron chi connectivity index (χ4n) is 2.46. The van der Waals surface area contributed by atoms with Gasteiger partial charge in [-0.15, -0.1) is 0 Å². The van der Waals surface area contributed by atoms with Gasteiger partial charge in [-0.25, -0.2) is 0 Å². The Labute approximate surface area is 157 Å². The lowest BCUT2D eigenvalue weighted by molar-refractivity contribution is 0.101. The number of carbonyl (C=O) groups excluding carboxylic acids is 2. The molecular weight excluding hydrogens is 364 g/mol. The minimum absolute atomic E-state index is 0.0767. The molecule has 6 heteroatoms. The van der Waals surface area contributed by atoms with Crippen LogP contribution < -0.4 is 4.18 Å². The summed E-state index contributed by atoms with van der Waals surface area (Å²) >= 11 is 0. The molecule has 0 aliphatic carbocycles. The number of ketones is 2. The van der Waals surface area contributed by atoms with E-state index < -0.39 is 10.1 Å². The first-order valence-electron chi connectivity index (χ1n) is 8.12. The molecule has 0 aliphatic rings. The van der Waals surface area contributed by atoms with Crippen LogP contribution in [-0.2, 0) is 10.1 Å². The summed E-state index contributed by atoms with van der Waals surface area (Å²) in [5, 5.41) is 0. The molecule has 0 fully saturated rings. The summed E-state index contributed by atoms with van der Waals surface area (Å²) in [6.07, 6.45) is 0. The molecule has 0 radical (unpaired) electrons. The lowest BCUT2D eigenvalue weighted by Crippen LogP contribution is -2.11. The van der Waals surface area contributed by atoms with Crippen molar-refractivity contribution in [3.63, 3.8) is 0 Å². The molecule has 0 heterocycles. The quantitative estimate of drug-likeness (QED) is 0.479. The van der Waals surface area contributed by atoms with Gasteiger partial charge in [0.15, 0.2) is 11.6 Å². The highest BCUT2D eigenvalue weighted by molar-refractivity contribution is 7.87. The number of hydrogen-bond donors (Lipinski definition) is 0. The van der Waals surface area contributed by atoms with Crippen LogP contribution in [0.1, 0.15) is 33.2 Å². The molecule has 3 aromatic carbocycles. The highest BCUT2D eigenvalue weighted by Crippen LogP contribution is 2.21. The van der Waals surface area contributed by atoms with E-state index in [4.69, 9.17) is 4.18 Å². The van der Waals surface area contributed by atoms with E-state index >= 15 is 0 Å². The summed E-state index contributed by atoms with van der Waals surface area (Å²) in [4.78, 5) is 23.7. The Kier molecular flexibility index (Phi) is 5.19. The summed E-state index contributed by atoms with van der Waals surface area (Å²) in [5.74, 6) is -0.331. The van der Waals surface area contributed by atoms with Crippen molar-refractivity contribution in [2.45, 2.75) is 11.8 Å². The van der Waals surface area contributed by atoms with E-state index in [1.807, 2.05) is 6.07 Å². The van der Waals surface area contributed by atoms with Crippen molar-refractivity contribution in [2.24, 2.45) is 0 Å². The van der Waals surface area contributed by atoms with Crippen molar-refractivity contribution in [3.8, 4) is 5.75 Å². The molecule has 0 amide bonds. The maximum Gasteiger partial charge on any atom is 0.339 e. The molecule has 0 unspecified atom stereocenters. The Bertz CT molecular complexity index is 1080. The van der Waals surface area contributed by atoms with Crippen LogP contribution in [0.3, 0.4) is 0 Å². The molecule has 0 spiro atoms. The first-order chi connectivity index (χ1) is 12.9. The van der Waals surface area contributed by atoms with Gasteiger partial charge < -0.3 is 4.18 Å². The molecule has 0 aromatic heterocycles. The van der Waals surface area contributed by atoms with E-state index in [-0.39, 0.29) is 27.8 Å². The molecule has 5 nitrogen and oxygen atoms in total. The smallest absolute Gasteiger partial charge is 0.339 e. The topological polar surface area (TPSA) is 77.5 Å². The van der Waals surface area contributed by atoms with Gasteiger partial charge in [-0.2, -0.15) is 8.42 Å². The summed E-state index contributed by atoms with van der Waals surface area (Å²) < 4.78 is 29.9. The normalized spacial score (nSPS) is 11.0. The lowest BCUT2D eigenvalue weighted by atomic mass is 10.0. The van der Waals surface area contributed by atoms with Crippen LogP contribution in [0.15, 0.2) is 83.8 Å². The fourth-order valence-corrected chi connectivity index (χ4v) is 3.44. The number of carbonyl (C=O) groups is 2. The van der Waals surface area contributed by atoms with E-state index in [1.54, 1.807) is 24.3 Å². The third-order valence-corrected chi connectivity index (χ3v) is 5.13. The van der Waals surface area contributed by atoms with Crippen molar-refractivity contribution in [2.75, 3.05) is 0 Å². The first-order valence-corrected chi connectivity index (χ1v) is 9.53. The second-order valence-electron chi connectivity index (χ2n) is 5.84. The van der Waals surface area contributed by atoms with Crippen molar-refractivity contribution >= 4 is 21.7 Å². The van der Waals surface area contributed by atoms with Gasteiger partial charge in [-0.3, -0.25) is 9.59 Å². The Morgan fingerprint density at radius 2 is 1.33 bits per heavy atom. The van der Waals surface area contributed by atoms with Gasteiger partial charge in [0.05, 0.1) is 0 Å². The zero-order valence-corrected chi connectivity index (χ0v) is 15.3. The van der Waals surface area contributed by atoms with Crippen molar-refractivity contribution in [1.29, 1.82) is 0 Å². The van der Waals surface area contributed by atoms with Crippen LogP contribution in [0.4, 0.5) is 0 Å². The van der Waals surface area contributed by atoms with Gasteiger partial charge in [0, 0.05) is 16.7 Å². The van der Waals surface area contributed by atoms with E-state index in [1.165, 1.54) is 55.5 Å². The largest absolute Gasteiger partial charge is 0.379 e. The summed E-state index contributed by atoms with van der Waals surface area (Å²) in [5.41, 5.74) is 1.24. The molecular formula is C21H16O5S. The minimum Gasteiger partial charge on any atom is -0.379 e. The zero-order chi connectivity index (χ0) is 19.4. The zero-order valence-electron chi connectivity index (χ0n) is 14.5. The van der Waals surface area contributed by atoms with Gasteiger partial charge in [0.2, 0.25) is 0 Å². The Balaban J connectivity index is 1.81. The van der Waals surface area contributed by atoms with E-state index in [9.17, 15) is 18.0 Å². The lowest BCUT2D eigenvalue weighted by Gasteiger charge is -2.08. The van der Waals surface area contributed by atoms with E-state index in [2.05, 4.69) is 0 Å². The van der Waals surface area contributed by atoms with Crippen LogP contribution >= 0.6 is 0 Å². The molecule has 0 N–H and O–H groups in total. The molecule has 0 bridgehead atoms. The Morgan fingerprint density at radius 3 is 1.96 bits per heavy atom. The number of rotatable bonds is 6. The second-order valence-corrected chi connectivity index (χ2v) is 7.39. The average molecular weight is 380 g/mol. The summed E-state index contributed by atoms with van der Waals surface area (Å²) in [7, 11) is -4.09. The predicted octanol–water partition coefficient (Wildman–Crippen LogP) is 3.89. The monoisotopic (exact) mass is 380 g/mol. The maximum atomic E-state index is 12.4. The van der Waals surface area contributed by atoms with Crippen LogP contribution in [0.2, 0.25) is 0 Å². The molecule has 0 saturated heterocycles. The average Bonchev–Trinajstić information content (AvgIpc) is 2.68. The van der Waals surface area contributed by atoms with Gasteiger partial charge >= 0.3 is 10.1 Å². The minimum atomic E-state index is -4.09. The molecule has 136 valence electrons. The first kappa shape index (κ1) is 18.5. The SMILES string of the molecule is CC(=O)c1cccc(S(=O)(=O)Oc2ccc(C(=O)c3ccccc3)cc2)c1. The highest BCUT2D eigenvalue weighted by Gasteiger charge is 2.18. The number of Topliss-reactive ketones (excluding diaryl/α,β-unsaturated/α-hetero) is 1. The summed E-state index contributed by atoms with van der Waals surface area (Å²) in [6.45, 7) is 1.36. The highest BCUT2D eigenvalue weighted by atomic mass is 32.2. The van der Waals surface area contributed by atoms with Crippen LogP contribution in [-0.4, -0.2) is 20.0 Å². The molecule has 0 aliphatic heterocycles. The van der Waals surface area contributed by atoms with Gasteiger partial charge in [-0.05, 0) is 43.3 Å². The maximum absolute atomic E-state index is 12.4. The molecule has 0 saturated carbocycles. The molecule has 27 heavy (non-hydrogen) atoms. The second kappa shape index (κ2) is 7.55. The van der Waals surface area contributed by atoms with Crippen molar-refractivity contribution in [1.82, 2.24) is 0 Å². The summed E-state index contributed by atoms with van der Waals surface area (Å²) in [6, 6.07) is 20.3. The van der Waals surface area contributed by atoms with Gasteiger partial charge in [0.1, 0.15) is 10.6 Å². The standard InChI is InChI=1S/C21H16O5S/c1-15(22)18-8-5-9-20(14-18)27(24,25)26-19-12-10-17(11-13-19)21(23)16-6-3-2-4-7-16/h2-14H,1H3. The number of benzene rings is 3. The van der Waals surface area contributed by atoms with E-state index in [0.717, 1.165) is 0 Å². The number of hydrogen-bond acceptors (Lipinski definition) is 5. The van der Waals surface area contributed by atoms with E-state index in [0.29, 0.717) is 11.1 Å². The van der Waals surface area contributed by atoms with Crippen molar-refractivity contribution < 1.29 is 22.2 Å². The van der Waals surface area contributed by atoms with Crippen molar-refractivity contribution in [3.05, 3.63) is 95.6 Å². The van der Waals surface area contributed by atoms with Crippen LogP contribution in [0.5, 0.6) is 5.75 Å². The Morgan fingerprint density at radius 1 is 0.741 bits per heavy atom. The van der Waals surface area contributed by atoms with Gasteiger partial charge in [-0.1, -0.05) is 42.5 Å². The molecule has 0 atom stereocenters.